The van der Waals surface area contributed by atoms with Crippen molar-refractivity contribution in [3.8, 4) is 11.3 Å². The Labute approximate surface area is 324 Å². The molecule has 8 rings (SSSR count). The molecule has 2 aromatic heterocycles. The van der Waals surface area contributed by atoms with Crippen LogP contribution in [0.15, 0.2) is 67.0 Å². The van der Waals surface area contributed by atoms with Gasteiger partial charge in [0.1, 0.15) is 23.7 Å². The fraction of sp³-hybridized carbons (Fsp3) is 0.512. The van der Waals surface area contributed by atoms with Crippen molar-refractivity contribution in [2.45, 2.75) is 107 Å². The van der Waals surface area contributed by atoms with Crippen molar-refractivity contribution in [3.05, 3.63) is 95.5 Å². The lowest BCUT2D eigenvalue weighted by molar-refractivity contribution is -0.137. The predicted octanol–water partition coefficient (Wildman–Crippen LogP) is 6.87. The van der Waals surface area contributed by atoms with Crippen molar-refractivity contribution in [3.63, 3.8) is 0 Å². The standard InChI is InChI=1S/C43H56N8O4/c1-27(2)35(49-41(54)55-6)39(52)46-28(3)37-44-25-32(47-37)29-14-16-31(17-15-29)42-18-21-43(22-19-42,23-20-42)34-26-45-38(48-34)33-13-10-24-51(33)40(53)36(50(4)5)30-11-8-7-9-12-30/h7-9,11-12,14-17,25-28,33,35-36H,10,13,18-24H2,1-6H3,(H,44,47)(H,45,48)(H,46,52)(H,49,54)/t28-,33-,35-,36+,42?,43?/m0/s1. The molecule has 2 aromatic carbocycles. The molecule has 3 amide bonds. The second-order valence-electron chi connectivity index (χ2n) is 16.6. The highest BCUT2D eigenvalue weighted by molar-refractivity contribution is 5.86. The van der Waals surface area contributed by atoms with Crippen molar-refractivity contribution in [2.24, 2.45) is 5.92 Å². The molecule has 0 radical (unpaired) electrons. The van der Waals surface area contributed by atoms with Gasteiger partial charge in [0.15, 0.2) is 0 Å². The average Bonchev–Trinajstić information content (AvgIpc) is 4.00. The van der Waals surface area contributed by atoms with Crippen molar-refractivity contribution in [1.29, 1.82) is 0 Å². The summed E-state index contributed by atoms with van der Waals surface area (Å²) in [6, 6.07) is 17.5. The molecular formula is C43H56N8O4. The van der Waals surface area contributed by atoms with Crippen molar-refractivity contribution in [1.82, 2.24) is 40.4 Å². The van der Waals surface area contributed by atoms with E-state index in [1.807, 2.05) is 75.0 Å². The highest BCUT2D eigenvalue weighted by Gasteiger charge is 2.51. The minimum atomic E-state index is -0.723. The van der Waals surface area contributed by atoms with E-state index < -0.39 is 12.1 Å². The van der Waals surface area contributed by atoms with Gasteiger partial charge in [-0.05, 0) is 100 Å². The minimum Gasteiger partial charge on any atom is -0.453 e. The van der Waals surface area contributed by atoms with Crippen LogP contribution in [-0.2, 0) is 25.2 Å². The topological polar surface area (TPSA) is 148 Å². The Morgan fingerprint density at radius 2 is 1.55 bits per heavy atom. The quantitative estimate of drug-likeness (QED) is 0.124. The van der Waals surface area contributed by atoms with Gasteiger partial charge < -0.3 is 30.2 Å². The van der Waals surface area contributed by atoms with Gasteiger partial charge in [0, 0.05) is 23.9 Å². The third-order valence-corrected chi connectivity index (χ3v) is 12.7. The number of aromatic amines is 2. The number of benzene rings is 2. The van der Waals surface area contributed by atoms with Crippen LogP contribution < -0.4 is 10.6 Å². The molecule has 12 nitrogen and oxygen atoms in total. The molecule has 3 aliphatic carbocycles. The van der Waals surface area contributed by atoms with Gasteiger partial charge in [0.2, 0.25) is 11.8 Å². The van der Waals surface area contributed by atoms with Gasteiger partial charge >= 0.3 is 6.09 Å². The number of amides is 3. The van der Waals surface area contributed by atoms with Crippen LogP contribution >= 0.6 is 0 Å². The van der Waals surface area contributed by atoms with Crippen molar-refractivity contribution >= 4 is 17.9 Å². The molecular weight excluding hydrogens is 693 g/mol. The second-order valence-corrected chi connectivity index (χ2v) is 16.6. The molecule has 55 heavy (non-hydrogen) atoms. The van der Waals surface area contributed by atoms with Gasteiger partial charge in [-0.3, -0.25) is 14.5 Å². The van der Waals surface area contributed by atoms with E-state index in [0.29, 0.717) is 5.82 Å². The van der Waals surface area contributed by atoms with Gasteiger partial charge in [0.05, 0.1) is 31.1 Å². The normalized spacial score (nSPS) is 23.8. The van der Waals surface area contributed by atoms with Crippen LogP contribution in [0, 0.1) is 5.92 Å². The molecule has 12 heteroatoms. The molecule has 4 atom stereocenters. The SMILES string of the molecule is COC(=O)N[C@H](C(=O)N[C@@H](C)c1ncc(-c2ccc(C34CCC(c5cnc([C@@H]6CCCN6C(=O)[C@@H](c6ccccc6)N(C)C)[nH]5)(CC3)CC4)cc2)[nH]1)C(C)C. The second kappa shape index (κ2) is 15.6. The molecule has 0 unspecified atom stereocenters. The number of carbonyl (C=O) groups is 3. The molecule has 1 saturated heterocycles. The number of carbonyl (C=O) groups excluding carboxylic acids is 3. The summed E-state index contributed by atoms with van der Waals surface area (Å²) in [7, 11) is 5.23. The van der Waals surface area contributed by atoms with Crippen LogP contribution in [0.2, 0.25) is 0 Å². The van der Waals surface area contributed by atoms with Crippen LogP contribution in [0.3, 0.4) is 0 Å². The number of nitrogens with zero attached hydrogens (tertiary/aromatic N) is 4. The summed E-state index contributed by atoms with van der Waals surface area (Å²) in [4.78, 5) is 59.5. The van der Waals surface area contributed by atoms with E-state index in [1.165, 1.54) is 18.4 Å². The number of imidazole rings is 2. The summed E-state index contributed by atoms with van der Waals surface area (Å²) in [5.41, 5.74) is 5.82. The fourth-order valence-electron chi connectivity index (χ4n) is 9.37. The van der Waals surface area contributed by atoms with Crippen LogP contribution in [-0.4, -0.2) is 81.4 Å². The van der Waals surface area contributed by atoms with Crippen molar-refractivity contribution in [2.75, 3.05) is 27.7 Å². The Balaban J connectivity index is 0.983. The van der Waals surface area contributed by atoms with Gasteiger partial charge in [-0.2, -0.15) is 0 Å². The zero-order valence-corrected chi connectivity index (χ0v) is 33.0. The number of likely N-dealkylation sites (N-methyl/N-ethyl adjacent to an activating group) is 1. The number of fused-ring (bicyclic) bond motifs is 3. The molecule has 4 aromatic rings. The average molecular weight is 749 g/mol. The number of H-pyrrole nitrogens is 2. The maximum absolute atomic E-state index is 14.0. The molecule has 4 fully saturated rings. The van der Waals surface area contributed by atoms with Crippen molar-refractivity contribution < 1.29 is 19.1 Å². The molecule has 0 spiro atoms. The van der Waals surface area contributed by atoms with Gasteiger partial charge in [-0.1, -0.05) is 68.4 Å². The molecule has 4 N–H and O–H groups in total. The maximum atomic E-state index is 14.0. The lowest BCUT2D eigenvalue weighted by atomic mass is 9.51. The maximum Gasteiger partial charge on any atom is 0.407 e. The lowest BCUT2D eigenvalue weighted by Gasteiger charge is -2.53. The first-order valence-electron chi connectivity index (χ1n) is 19.8. The molecule has 3 heterocycles. The monoisotopic (exact) mass is 748 g/mol. The van der Waals surface area contributed by atoms with Gasteiger partial charge in [-0.25, -0.2) is 14.8 Å². The van der Waals surface area contributed by atoms with Crippen LogP contribution in [0.5, 0.6) is 0 Å². The highest BCUT2D eigenvalue weighted by atomic mass is 16.5. The third-order valence-electron chi connectivity index (χ3n) is 12.7. The Morgan fingerprint density at radius 3 is 2.18 bits per heavy atom. The zero-order valence-electron chi connectivity index (χ0n) is 33.0. The van der Waals surface area contributed by atoms with Crippen LogP contribution in [0.1, 0.15) is 119 Å². The molecule has 2 bridgehead atoms. The first-order chi connectivity index (χ1) is 26.4. The lowest BCUT2D eigenvalue weighted by Crippen LogP contribution is -2.50. The Kier molecular flexibility index (Phi) is 10.9. The molecule has 292 valence electrons. The summed E-state index contributed by atoms with van der Waals surface area (Å²) in [5.74, 6) is 1.29. The first-order valence-corrected chi connectivity index (χ1v) is 19.8. The number of hydrogen-bond acceptors (Lipinski definition) is 7. The summed E-state index contributed by atoms with van der Waals surface area (Å²) in [6.07, 6.45) is 11.8. The number of methoxy groups -OCH3 is 1. The molecule has 3 saturated carbocycles. The Bertz CT molecular complexity index is 1940. The van der Waals surface area contributed by atoms with Crippen LogP contribution in [0.25, 0.3) is 11.3 Å². The number of nitrogens with one attached hydrogen (secondary N) is 4. The van der Waals surface area contributed by atoms with E-state index in [-0.39, 0.29) is 46.7 Å². The van der Waals surface area contributed by atoms with E-state index >= 15 is 0 Å². The number of ether oxygens (including phenoxy) is 1. The predicted molar refractivity (Wildman–Crippen MR) is 211 cm³/mol. The number of hydrogen-bond donors (Lipinski definition) is 4. The molecule has 4 aliphatic rings. The Hall–Kier alpha value is -4.97. The molecule has 1 aliphatic heterocycles. The van der Waals surface area contributed by atoms with E-state index in [2.05, 4.69) is 56.0 Å². The number of likely N-dealkylation sites (tertiary alicyclic amines) is 1. The van der Waals surface area contributed by atoms with E-state index in [4.69, 9.17) is 9.72 Å². The summed E-state index contributed by atoms with van der Waals surface area (Å²) in [5, 5.41) is 5.58. The van der Waals surface area contributed by atoms with Crippen LogP contribution in [0.4, 0.5) is 4.79 Å². The first kappa shape index (κ1) is 38.3. The van der Waals surface area contributed by atoms with E-state index in [1.54, 1.807) is 6.20 Å². The zero-order chi connectivity index (χ0) is 38.9. The largest absolute Gasteiger partial charge is 0.453 e. The minimum absolute atomic E-state index is 0.0333. The van der Waals surface area contributed by atoms with Gasteiger partial charge in [-0.15, -0.1) is 0 Å². The van der Waals surface area contributed by atoms with E-state index in [0.717, 1.165) is 80.6 Å². The summed E-state index contributed by atoms with van der Waals surface area (Å²) < 4.78 is 4.69. The Morgan fingerprint density at radius 1 is 0.873 bits per heavy atom. The highest BCUT2D eigenvalue weighted by Crippen LogP contribution is 2.58. The number of aromatic nitrogens is 4. The number of alkyl carbamates (subject to hydrolysis) is 1. The van der Waals surface area contributed by atoms with E-state index in [9.17, 15) is 14.4 Å². The smallest absolute Gasteiger partial charge is 0.407 e. The summed E-state index contributed by atoms with van der Waals surface area (Å²) >= 11 is 0. The fourth-order valence-corrected chi connectivity index (χ4v) is 9.37. The third kappa shape index (κ3) is 7.53. The number of rotatable bonds is 12. The van der Waals surface area contributed by atoms with Gasteiger partial charge in [0.25, 0.3) is 0 Å². The summed E-state index contributed by atoms with van der Waals surface area (Å²) in [6.45, 7) is 6.35.